The quantitative estimate of drug-likeness (QED) is 0.0195. The molecule has 0 saturated carbocycles. The summed E-state index contributed by atoms with van der Waals surface area (Å²) >= 11 is 0. The number of esters is 2. The number of likely N-dealkylation sites (N-methyl/N-ethyl adjacent to an activating group) is 1. The Balaban J connectivity index is 4.01. The van der Waals surface area contributed by atoms with Gasteiger partial charge in [-0.1, -0.05) is 315 Å². The van der Waals surface area contributed by atoms with Crippen molar-refractivity contribution in [1.29, 1.82) is 0 Å². The van der Waals surface area contributed by atoms with Gasteiger partial charge in [0, 0.05) is 12.8 Å². The number of carbonyl (C=O) groups is 2. The van der Waals surface area contributed by atoms with Crippen LogP contribution in [0.5, 0.6) is 0 Å². The molecule has 0 aliphatic rings. The molecule has 0 heterocycles. The Morgan fingerprint density at radius 2 is 0.662 bits per heavy atom. The van der Waals surface area contributed by atoms with Crippen molar-refractivity contribution in [2.75, 3.05) is 47.5 Å². The molecule has 0 saturated heterocycles. The van der Waals surface area contributed by atoms with Gasteiger partial charge in [-0.25, -0.2) is 0 Å². The van der Waals surface area contributed by atoms with Crippen molar-refractivity contribution in [2.24, 2.45) is 0 Å². The van der Waals surface area contributed by atoms with Crippen molar-refractivity contribution in [1.82, 2.24) is 0 Å². The Labute approximate surface area is 479 Å². The number of hydrogen-bond acceptors (Lipinski definition) is 8. The Morgan fingerprint density at radius 1 is 0.390 bits per heavy atom. The Bertz CT molecular complexity index is 1300. The number of quaternary nitrogens is 1. The number of phosphoric acid groups is 1. The maximum atomic E-state index is 12.8. The van der Waals surface area contributed by atoms with Gasteiger partial charge in [0.05, 0.1) is 27.7 Å². The third kappa shape index (κ3) is 63.8. The molecule has 0 rings (SSSR count). The van der Waals surface area contributed by atoms with Crippen molar-refractivity contribution in [2.45, 2.75) is 360 Å². The molecular formula is C67H132NO8P. The van der Waals surface area contributed by atoms with Crippen LogP contribution in [0.15, 0.2) is 12.2 Å². The fourth-order valence-electron chi connectivity index (χ4n) is 10.3. The number of allylic oxidation sites excluding steroid dienone is 2. The first-order chi connectivity index (χ1) is 37.5. The highest BCUT2D eigenvalue weighted by Crippen LogP contribution is 2.38. The van der Waals surface area contributed by atoms with Gasteiger partial charge in [0.15, 0.2) is 6.10 Å². The molecule has 0 N–H and O–H groups in total. The second-order valence-electron chi connectivity index (χ2n) is 24.6. The van der Waals surface area contributed by atoms with Crippen LogP contribution in [0.25, 0.3) is 0 Å². The van der Waals surface area contributed by atoms with Gasteiger partial charge in [-0.15, -0.1) is 0 Å². The number of unbranched alkanes of at least 4 members (excludes halogenated alkanes) is 48. The molecule has 0 bridgehead atoms. The second-order valence-corrected chi connectivity index (χ2v) is 26.0. The Kier molecular flexibility index (Phi) is 58.4. The number of ether oxygens (including phenoxy) is 2. The number of rotatable bonds is 64. The molecule has 0 aliphatic heterocycles. The van der Waals surface area contributed by atoms with Crippen LogP contribution in [-0.4, -0.2) is 70.0 Å². The van der Waals surface area contributed by atoms with Gasteiger partial charge in [0.25, 0.3) is 7.82 Å². The van der Waals surface area contributed by atoms with E-state index in [2.05, 4.69) is 26.0 Å². The van der Waals surface area contributed by atoms with Crippen LogP contribution in [0.2, 0.25) is 0 Å². The van der Waals surface area contributed by atoms with Gasteiger partial charge in [-0.2, -0.15) is 0 Å². The minimum absolute atomic E-state index is 0.0262. The normalized spacial score (nSPS) is 13.2. The average molecular weight is 1110 g/mol. The van der Waals surface area contributed by atoms with Crippen LogP contribution in [0.4, 0.5) is 0 Å². The van der Waals surface area contributed by atoms with Gasteiger partial charge < -0.3 is 27.9 Å². The summed E-state index contributed by atoms with van der Waals surface area (Å²) in [6.45, 7) is 4.32. The smallest absolute Gasteiger partial charge is 0.306 e. The van der Waals surface area contributed by atoms with Crippen molar-refractivity contribution >= 4 is 19.8 Å². The van der Waals surface area contributed by atoms with E-state index in [1.165, 1.54) is 289 Å². The summed E-state index contributed by atoms with van der Waals surface area (Å²) in [7, 11) is 1.19. The highest BCUT2D eigenvalue weighted by molar-refractivity contribution is 7.45. The third-order valence-corrected chi connectivity index (χ3v) is 16.5. The molecule has 0 aliphatic carbocycles. The van der Waals surface area contributed by atoms with Crippen LogP contribution in [0.1, 0.15) is 354 Å². The second kappa shape index (κ2) is 59.4. The molecule has 0 amide bonds. The Morgan fingerprint density at radius 3 is 0.961 bits per heavy atom. The third-order valence-electron chi connectivity index (χ3n) is 15.5. The summed E-state index contributed by atoms with van der Waals surface area (Å²) in [5, 5.41) is 0. The lowest BCUT2D eigenvalue weighted by Gasteiger charge is -2.28. The van der Waals surface area contributed by atoms with E-state index in [0.29, 0.717) is 17.4 Å². The maximum Gasteiger partial charge on any atom is 0.306 e. The van der Waals surface area contributed by atoms with Gasteiger partial charge in [0.2, 0.25) is 0 Å². The van der Waals surface area contributed by atoms with Gasteiger partial charge in [-0.05, 0) is 38.5 Å². The molecule has 0 aromatic rings. The predicted molar refractivity (Wildman–Crippen MR) is 328 cm³/mol. The predicted octanol–water partition coefficient (Wildman–Crippen LogP) is 20.9. The molecular weight excluding hydrogens is 978 g/mol. The number of hydrogen-bond donors (Lipinski definition) is 0. The van der Waals surface area contributed by atoms with Gasteiger partial charge in [-0.3, -0.25) is 14.2 Å². The zero-order chi connectivity index (χ0) is 56.3. The number of phosphoric ester groups is 1. The lowest BCUT2D eigenvalue weighted by molar-refractivity contribution is -0.870. The number of nitrogens with zero attached hydrogens (tertiary/aromatic N) is 1. The minimum Gasteiger partial charge on any atom is -0.756 e. The van der Waals surface area contributed by atoms with Gasteiger partial charge in [0.1, 0.15) is 19.8 Å². The van der Waals surface area contributed by atoms with E-state index < -0.39 is 26.5 Å². The lowest BCUT2D eigenvalue weighted by atomic mass is 10.0. The first-order valence-electron chi connectivity index (χ1n) is 33.9. The molecule has 0 radical (unpaired) electrons. The van der Waals surface area contributed by atoms with E-state index in [4.69, 9.17) is 18.5 Å². The van der Waals surface area contributed by atoms with E-state index in [-0.39, 0.29) is 32.0 Å². The van der Waals surface area contributed by atoms with Crippen molar-refractivity contribution in [3.8, 4) is 0 Å². The number of carbonyl (C=O) groups excluding carboxylic acids is 2. The molecule has 0 aromatic heterocycles. The topological polar surface area (TPSA) is 111 Å². The summed E-state index contributed by atoms with van der Waals surface area (Å²) in [5.74, 6) is -0.808. The molecule has 2 unspecified atom stereocenters. The van der Waals surface area contributed by atoms with Crippen LogP contribution in [-0.2, 0) is 32.7 Å². The summed E-state index contributed by atoms with van der Waals surface area (Å²) in [5.41, 5.74) is 0. The maximum absolute atomic E-state index is 12.8. The molecule has 10 heteroatoms. The van der Waals surface area contributed by atoms with Crippen molar-refractivity contribution in [3.63, 3.8) is 0 Å². The van der Waals surface area contributed by atoms with Crippen LogP contribution in [0.3, 0.4) is 0 Å². The van der Waals surface area contributed by atoms with Crippen LogP contribution >= 0.6 is 7.82 Å². The van der Waals surface area contributed by atoms with E-state index in [1.54, 1.807) is 0 Å². The zero-order valence-corrected chi connectivity index (χ0v) is 53.1. The lowest BCUT2D eigenvalue weighted by Crippen LogP contribution is -2.37. The molecule has 77 heavy (non-hydrogen) atoms. The molecule has 0 fully saturated rings. The molecule has 458 valence electrons. The monoisotopic (exact) mass is 1110 g/mol. The summed E-state index contributed by atoms with van der Waals surface area (Å²) in [6.07, 6.45) is 71.4. The van der Waals surface area contributed by atoms with Crippen LogP contribution < -0.4 is 4.89 Å². The zero-order valence-electron chi connectivity index (χ0n) is 52.2. The van der Waals surface area contributed by atoms with Crippen LogP contribution in [0, 0.1) is 0 Å². The first kappa shape index (κ1) is 75.8. The van der Waals surface area contributed by atoms with Gasteiger partial charge >= 0.3 is 11.9 Å². The minimum atomic E-state index is -4.63. The van der Waals surface area contributed by atoms with E-state index in [9.17, 15) is 19.0 Å². The summed E-state index contributed by atoms with van der Waals surface area (Å²) in [4.78, 5) is 38.0. The molecule has 0 aromatic carbocycles. The highest BCUT2D eigenvalue weighted by atomic mass is 31.2. The Hall–Kier alpha value is -1.25. The van der Waals surface area contributed by atoms with E-state index in [1.807, 2.05) is 21.1 Å². The fourth-order valence-corrected chi connectivity index (χ4v) is 11.0. The first-order valence-corrected chi connectivity index (χ1v) is 35.4. The molecule has 0 spiro atoms. The van der Waals surface area contributed by atoms with Crippen molar-refractivity contribution in [3.05, 3.63) is 12.2 Å². The SMILES string of the molecule is CCCCCCCCCC/C=C\CCCCCCCCCCCCCCCCCC(=O)OC(COC(=O)CCCCCCCCCCCCCCCCCCCCCCCCCCCC)COP(=O)([O-])OCC[N+](C)(C)C. The van der Waals surface area contributed by atoms with Crippen molar-refractivity contribution < 1.29 is 42.1 Å². The van der Waals surface area contributed by atoms with E-state index in [0.717, 1.165) is 32.1 Å². The average Bonchev–Trinajstić information content (AvgIpc) is 3.39. The summed E-state index contributed by atoms with van der Waals surface area (Å²) < 4.78 is 34.3. The standard InChI is InChI=1S/C67H132NO8P/c1-6-8-10-12-14-16-18-20-22-24-26-28-30-32-34-36-38-40-42-44-46-48-50-52-54-56-58-60-67(70)76-65(64-75-77(71,72)74-62-61-68(3,4)5)63-73-66(69)59-57-55-53-51-49-47-45-43-41-39-37-35-33-31-29-27-25-23-21-19-17-15-13-11-9-7-2/h24,26,65H,6-23,25,27-64H2,1-5H3/b26-24-. The largest absolute Gasteiger partial charge is 0.756 e. The molecule has 2 atom stereocenters. The highest BCUT2D eigenvalue weighted by Gasteiger charge is 2.22. The fraction of sp³-hybridized carbons (Fsp3) is 0.940. The summed E-state index contributed by atoms with van der Waals surface area (Å²) in [6, 6.07) is 0. The van der Waals surface area contributed by atoms with E-state index >= 15 is 0 Å². The molecule has 9 nitrogen and oxygen atoms in total.